The van der Waals surface area contributed by atoms with Crippen LogP contribution in [0.1, 0.15) is 6.42 Å². The van der Waals surface area contributed by atoms with E-state index in [4.69, 9.17) is 0 Å². The predicted octanol–water partition coefficient (Wildman–Crippen LogP) is 0.778. The van der Waals surface area contributed by atoms with Crippen LogP contribution in [0.2, 0.25) is 0 Å². The van der Waals surface area contributed by atoms with Gasteiger partial charge in [0, 0.05) is 32.7 Å². The standard InChI is InChI=1S/C10H16N2/c1-2-3-4-12-7-9-5-11-6-10(9)8-12/h2,11H,1,3-8H2. The summed E-state index contributed by atoms with van der Waals surface area (Å²) < 4.78 is 0. The second-order valence-electron chi connectivity index (χ2n) is 3.60. The highest BCUT2D eigenvalue weighted by Crippen LogP contribution is 2.19. The van der Waals surface area contributed by atoms with Crippen molar-refractivity contribution in [3.63, 3.8) is 0 Å². The van der Waals surface area contributed by atoms with Crippen molar-refractivity contribution in [1.29, 1.82) is 0 Å². The molecule has 0 unspecified atom stereocenters. The van der Waals surface area contributed by atoms with Gasteiger partial charge in [-0.3, -0.25) is 4.90 Å². The Morgan fingerprint density at radius 2 is 2.00 bits per heavy atom. The van der Waals surface area contributed by atoms with Gasteiger partial charge in [0.25, 0.3) is 0 Å². The highest BCUT2D eigenvalue weighted by molar-refractivity contribution is 5.29. The highest BCUT2D eigenvalue weighted by Gasteiger charge is 2.23. The molecule has 0 aromatic rings. The van der Waals surface area contributed by atoms with Crippen LogP contribution in [0.15, 0.2) is 23.8 Å². The largest absolute Gasteiger partial charge is 0.309 e. The van der Waals surface area contributed by atoms with Crippen molar-refractivity contribution in [2.24, 2.45) is 0 Å². The van der Waals surface area contributed by atoms with Gasteiger partial charge in [-0.2, -0.15) is 0 Å². The van der Waals surface area contributed by atoms with E-state index in [0.29, 0.717) is 0 Å². The molecule has 0 fully saturated rings. The van der Waals surface area contributed by atoms with Gasteiger partial charge in [0.15, 0.2) is 0 Å². The Kier molecular flexibility index (Phi) is 2.28. The third-order valence-electron chi connectivity index (χ3n) is 2.66. The van der Waals surface area contributed by atoms with Gasteiger partial charge in [0.05, 0.1) is 0 Å². The lowest BCUT2D eigenvalue weighted by atomic mass is 10.2. The maximum absolute atomic E-state index is 3.74. The molecular weight excluding hydrogens is 148 g/mol. The smallest absolute Gasteiger partial charge is 0.0212 e. The summed E-state index contributed by atoms with van der Waals surface area (Å²) in [6.07, 6.45) is 3.12. The summed E-state index contributed by atoms with van der Waals surface area (Å²) in [4.78, 5) is 2.51. The third-order valence-corrected chi connectivity index (χ3v) is 2.66. The van der Waals surface area contributed by atoms with E-state index in [1.165, 1.54) is 19.6 Å². The Hall–Kier alpha value is -0.600. The summed E-state index contributed by atoms with van der Waals surface area (Å²) in [5, 5.41) is 3.38. The number of hydrogen-bond acceptors (Lipinski definition) is 2. The summed E-state index contributed by atoms with van der Waals surface area (Å²) >= 11 is 0. The van der Waals surface area contributed by atoms with E-state index in [1.807, 2.05) is 6.08 Å². The lowest BCUT2D eigenvalue weighted by Crippen LogP contribution is -2.27. The van der Waals surface area contributed by atoms with Crippen LogP contribution >= 0.6 is 0 Å². The molecule has 2 heteroatoms. The quantitative estimate of drug-likeness (QED) is 0.620. The van der Waals surface area contributed by atoms with Crippen LogP contribution in [-0.2, 0) is 0 Å². The third kappa shape index (κ3) is 1.45. The highest BCUT2D eigenvalue weighted by atomic mass is 15.2. The Bertz CT molecular complexity index is 202. The minimum absolute atomic E-state index is 1.12. The summed E-state index contributed by atoms with van der Waals surface area (Å²) in [7, 11) is 0. The van der Waals surface area contributed by atoms with Crippen molar-refractivity contribution in [3.05, 3.63) is 23.8 Å². The molecule has 0 saturated carbocycles. The van der Waals surface area contributed by atoms with Crippen molar-refractivity contribution in [3.8, 4) is 0 Å². The Morgan fingerprint density at radius 3 is 2.58 bits per heavy atom. The predicted molar refractivity (Wildman–Crippen MR) is 51.1 cm³/mol. The molecule has 0 amide bonds. The molecule has 0 saturated heterocycles. The summed E-state index contributed by atoms with van der Waals surface area (Å²) in [6, 6.07) is 0. The average molecular weight is 164 g/mol. The molecule has 0 bridgehead atoms. The van der Waals surface area contributed by atoms with Gasteiger partial charge in [-0.25, -0.2) is 0 Å². The van der Waals surface area contributed by atoms with Gasteiger partial charge in [-0.15, -0.1) is 6.58 Å². The summed E-state index contributed by atoms with van der Waals surface area (Å²) in [6.45, 7) is 9.55. The first kappa shape index (κ1) is 8.02. The zero-order valence-corrected chi connectivity index (χ0v) is 7.47. The molecule has 0 atom stereocenters. The fourth-order valence-corrected chi connectivity index (χ4v) is 1.98. The fraction of sp³-hybridized carbons (Fsp3) is 0.600. The molecule has 12 heavy (non-hydrogen) atoms. The molecule has 0 aromatic heterocycles. The summed E-state index contributed by atoms with van der Waals surface area (Å²) in [5.74, 6) is 0. The van der Waals surface area contributed by atoms with Crippen molar-refractivity contribution >= 4 is 0 Å². The molecule has 0 spiro atoms. The monoisotopic (exact) mass is 164 g/mol. The molecule has 2 aliphatic rings. The van der Waals surface area contributed by atoms with E-state index < -0.39 is 0 Å². The van der Waals surface area contributed by atoms with Crippen molar-refractivity contribution < 1.29 is 0 Å². The average Bonchev–Trinajstić information content (AvgIpc) is 2.58. The van der Waals surface area contributed by atoms with Crippen LogP contribution in [-0.4, -0.2) is 37.6 Å². The molecule has 2 heterocycles. The van der Waals surface area contributed by atoms with Crippen LogP contribution in [0.3, 0.4) is 0 Å². The van der Waals surface area contributed by atoms with Crippen molar-refractivity contribution in [2.45, 2.75) is 6.42 Å². The van der Waals surface area contributed by atoms with Gasteiger partial charge in [0.2, 0.25) is 0 Å². The second kappa shape index (κ2) is 3.42. The molecule has 2 aliphatic heterocycles. The van der Waals surface area contributed by atoms with Gasteiger partial charge >= 0.3 is 0 Å². The van der Waals surface area contributed by atoms with Crippen LogP contribution in [0, 0.1) is 0 Å². The van der Waals surface area contributed by atoms with Crippen LogP contribution in [0.4, 0.5) is 0 Å². The molecule has 2 nitrogen and oxygen atoms in total. The Labute approximate surface area is 73.9 Å². The maximum atomic E-state index is 3.74. The first-order chi connectivity index (χ1) is 5.90. The lowest BCUT2D eigenvalue weighted by molar-refractivity contribution is 0.345. The topological polar surface area (TPSA) is 15.3 Å². The Morgan fingerprint density at radius 1 is 1.33 bits per heavy atom. The molecular formula is C10H16N2. The number of nitrogens with zero attached hydrogens (tertiary/aromatic N) is 1. The van der Waals surface area contributed by atoms with E-state index in [9.17, 15) is 0 Å². The van der Waals surface area contributed by atoms with Crippen molar-refractivity contribution in [1.82, 2.24) is 10.2 Å². The van der Waals surface area contributed by atoms with Crippen LogP contribution in [0.25, 0.3) is 0 Å². The number of hydrogen-bond donors (Lipinski definition) is 1. The van der Waals surface area contributed by atoms with Gasteiger partial charge < -0.3 is 5.32 Å². The first-order valence-corrected chi connectivity index (χ1v) is 4.64. The molecule has 0 radical (unpaired) electrons. The molecule has 0 aliphatic carbocycles. The lowest BCUT2D eigenvalue weighted by Gasteiger charge is -2.16. The van der Waals surface area contributed by atoms with Crippen LogP contribution < -0.4 is 5.32 Å². The molecule has 2 rings (SSSR count). The number of nitrogens with one attached hydrogen (secondary N) is 1. The SMILES string of the molecule is C=CCCN1CC2=C(CNC2)C1. The van der Waals surface area contributed by atoms with Gasteiger partial charge in [-0.05, 0) is 17.6 Å². The van der Waals surface area contributed by atoms with Gasteiger partial charge in [0.1, 0.15) is 0 Å². The first-order valence-electron chi connectivity index (χ1n) is 4.64. The van der Waals surface area contributed by atoms with Gasteiger partial charge in [-0.1, -0.05) is 6.08 Å². The minimum Gasteiger partial charge on any atom is -0.309 e. The second-order valence-corrected chi connectivity index (χ2v) is 3.60. The van der Waals surface area contributed by atoms with E-state index in [-0.39, 0.29) is 0 Å². The molecule has 66 valence electrons. The van der Waals surface area contributed by atoms with E-state index >= 15 is 0 Å². The summed E-state index contributed by atoms with van der Waals surface area (Å²) in [5.41, 5.74) is 3.28. The number of rotatable bonds is 3. The normalized spacial score (nSPS) is 23.3. The van der Waals surface area contributed by atoms with E-state index in [2.05, 4.69) is 16.8 Å². The van der Waals surface area contributed by atoms with E-state index in [0.717, 1.165) is 19.5 Å². The zero-order chi connectivity index (χ0) is 8.39. The maximum Gasteiger partial charge on any atom is 0.0212 e. The Balaban J connectivity index is 1.83. The molecule has 1 N–H and O–H groups in total. The van der Waals surface area contributed by atoms with E-state index in [1.54, 1.807) is 11.1 Å². The zero-order valence-electron chi connectivity index (χ0n) is 7.47. The van der Waals surface area contributed by atoms with Crippen LogP contribution in [0.5, 0.6) is 0 Å². The molecule has 0 aromatic carbocycles. The fourth-order valence-electron chi connectivity index (χ4n) is 1.98. The van der Waals surface area contributed by atoms with Crippen molar-refractivity contribution in [2.75, 3.05) is 32.7 Å². The minimum atomic E-state index is 1.12.